The molecule has 3 N–H and O–H groups in total. The molecule has 3 nitrogen and oxygen atoms in total. The number of hydrogen-bond donors (Lipinski definition) is 2. The van der Waals surface area contributed by atoms with E-state index in [1.165, 1.54) is 0 Å². The van der Waals surface area contributed by atoms with Gasteiger partial charge in [0.25, 0.3) is 5.91 Å². The number of carbonyl (C=O) groups is 1. The van der Waals surface area contributed by atoms with Crippen LogP contribution in [0.2, 0.25) is 10.0 Å². The predicted molar refractivity (Wildman–Crippen MR) is 69.5 cm³/mol. The van der Waals surface area contributed by atoms with E-state index in [1.807, 2.05) is 0 Å². The molecule has 1 amide bonds. The van der Waals surface area contributed by atoms with Gasteiger partial charge in [-0.15, -0.1) is 0 Å². The molecule has 1 aliphatic carbocycles. The van der Waals surface area contributed by atoms with Gasteiger partial charge in [0.05, 0.1) is 10.0 Å². The molecule has 0 spiro atoms. The molecule has 2 rings (SSSR count). The van der Waals surface area contributed by atoms with Crippen molar-refractivity contribution in [3.8, 4) is 0 Å². The lowest BCUT2D eigenvalue weighted by atomic mass is 10.1. The molecule has 2 atom stereocenters. The molecule has 0 aromatic heterocycles. The van der Waals surface area contributed by atoms with Gasteiger partial charge in [-0.25, -0.2) is 0 Å². The zero-order valence-electron chi connectivity index (χ0n) is 9.25. The molecule has 1 saturated carbocycles. The quantitative estimate of drug-likeness (QED) is 0.870. The van der Waals surface area contributed by atoms with Crippen molar-refractivity contribution in [2.24, 2.45) is 5.73 Å². The number of amides is 1. The van der Waals surface area contributed by atoms with Gasteiger partial charge in [-0.05, 0) is 37.5 Å². The summed E-state index contributed by atoms with van der Waals surface area (Å²) in [7, 11) is 0. The second kappa shape index (κ2) is 5.25. The summed E-state index contributed by atoms with van der Waals surface area (Å²) >= 11 is 11.7. The molecule has 17 heavy (non-hydrogen) atoms. The Morgan fingerprint density at radius 3 is 2.65 bits per heavy atom. The first-order valence-electron chi connectivity index (χ1n) is 5.59. The smallest absolute Gasteiger partial charge is 0.251 e. The number of benzene rings is 1. The normalized spacial score (nSPS) is 23.7. The molecule has 1 aromatic rings. The highest BCUT2D eigenvalue weighted by Crippen LogP contribution is 2.23. The molecule has 1 aliphatic rings. The Balaban J connectivity index is 2.06. The molecule has 0 saturated heterocycles. The van der Waals surface area contributed by atoms with E-state index >= 15 is 0 Å². The van der Waals surface area contributed by atoms with Gasteiger partial charge in [0.1, 0.15) is 0 Å². The summed E-state index contributed by atoms with van der Waals surface area (Å²) in [6.07, 6.45) is 2.97. The summed E-state index contributed by atoms with van der Waals surface area (Å²) in [5, 5.41) is 3.76. The van der Waals surface area contributed by atoms with E-state index in [-0.39, 0.29) is 18.0 Å². The van der Waals surface area contributed by atoms with Crippen molar-refractivity contribution in [2.45, 2.75) is 31.3 Å². The minimum Gasteiger partial charge on any atom is -0.348 e. The Morgan fingerprint density at radius 1 is 1.29 bits per heavy atom. The third kappa shape index (κ3) is 2.92. The van der Waals surface area contributed by atoms with E-state index in [0.29, 0.717) is 15.6 Å². The van der Waals surface area contributed by atoms with Crippen LogP contribution < -0.4 is 11.1 Å². The highest BCUT2D eigenvalue weighted by Gasteiger charge is 2.25. The topological polar surface area (TPSA) is 55.1 Å². The van der Waals surface area contributed by atoms with Gasteiger partial charge in [-0.1, -0.05) is 23.2 Å². The van der Waals surface area contributed by atoms with Crippen molar-refractivity contribution in [1.29, 1.82) is 0 Å². The third-order valence-electron chi connectivity index (χ3n) is 3.07. The second-order valence-electron chi connectivity index (χ2n) is 4.30. The minimum atomic E-state index is -0.147. The van der Waals surface area contributed by atoms with E-state index in [9.17, 15) is 4.79 Å². The second-order valence-corrected chi connectivity index (χ2v) is 5.12. The molecule has 0 heterocycles. The average molecular weight is 273 g/mol. The monoisotopic (exact) mass is 272 g/mol. The van der Waals surface area contributed by atoms with Crippen LogP contribution in [0.3, 0.4) is 0 Å². The number of hydrogen-bond acceptors (Lipinski definition) is 2. The minimum absolute atomic E-state index is 0.0572. The highest BCUT2D eigenvalue weighted by molar-refractivity contribution is 6.42. The van der Waals surface area contributed by atoms with Gasteiger partial charge in [0, 0.05) is 17.6 Å². The van der Waals surface area contributed by atoms with Crippen molar-refractivity contribution in [3.05, 3.63) is 33.8 Å². The van der Waals surface area contributed by atoms with Crippen molar-refractivity contribution in [2.75, 3.05) is 0 Å². The van der Waals surface area contributed by atoms with E-state index in [1.54, 1.807) is 18.2 Å². The largest absolute Gasteiger partial charge is 0.348 e. The summed E-state index contributed by atoms with van der Waals surface area (Å²) in [5.41, 5.74) is 6.41. The fourth-order valence-electron chi connectivity index (χ4n) is 2.06. The van der Waals surface area contributed by atoms with E-state index in [4.69, 9.17) is 28.9 Å². The maximum Gasteiger partial charge on any atom is 0.251 e. The van der Waals surface area contributed by atoms with Gasteiger partial charge < -0.3 is 11.1 Å². The lowest BCUT2D eigenvalue weighted by molar-refractivity contribution is 0.0934. The van der Waals surface area contributed by atoms with Crippen LogP contribution in [-0.2, 0) is 0 Å². The van der Waals surface area contributed by atoms with Crippen molar-refractivity contribution in [3.63, 3.8) is 0 Å². The standard InChI is InChI=1S/C12H14Cl2N2O/c13-8-5-4-7(6-9(8)14)12(17)16-11-3-1-2-10(11)15/h4-6,10-11H,1-3,15H2,(H,16,17). The molecule has 2 unspecified atom stereocenters. The number of nitrogens with one attached hydrogen (secondary N) is 1. The molecular formula is C12H14Cl2N2O. The molecule has 0 aliphatic heterocycles. The molecule has 5 heteroatoms. The average Bonchev–Trinajstić information content (AvgIpc) is 2.68. The van der Waals surface area contributed by atoms with Crippen LogP contribution >= 0.6 is 23.2 Å². The van der Waals surface area contributed by atoms with E-state index in [0.717, 1.165) is 19.3 Å². The summed E-state index contributed by atoms with van der Waals surface area (Å²) < 4.78 is 0. The van der Waals surface area contributed by atoms with Crippen LogP contribution in [0.1, 0.15) is 29.6 Å². The van der Waals surface area contributed by atoms with E-state index in [2.05, 4.69) is 5.32 Å². The van der Waals surface area contributed by atoms with Gasteiger partial charge in [0.15, 0.2) is 0 Å². The van der Waals surface area contributed by atoms with Crippen LogP contribution in [0, 0.1) is 0 Å². The highest BCUT2D eigenvalue weighted by atomic mass is 35.5. The van der Waals surface area contributed by atoms with Crippen molar-refractivity contribution < 1.29 is 4.79 Å². The summed E-state index contributed by atoms with van der Waals surface area (Å²) in [5.74, 6) is -0.147. The summed E-state index contributed by atoms with van der Waals surface area (Å²) in [6.45, 7) is 0. The Kier molecular flexibility index (Phi) is 3.92. The van der Waals surface area contributed by atoms with Gasteiger partial charge in [-0.2, -0.15) is 0 Å². The summed E-state index contributed by atoms with van der Waals surface area (Å²) in [6, 6.07) is 4.97. The zero-order valence-corrected chi connectivity index (χ0v) is 10.8. The molecule has 1 aromatic carbocycles. The predicted octanol–water partition coefficient (Wildman–Crippen LogP) is 2.60. The van der Waals surface area contributed by atoms with Crippen LogP contribution in [0.25, 0.3) is 0 Å². The van der Waals surface area contributed by atoms with Gasteiger partial charge in [-0.3, -0.25) is 4.79 Å². The van der Waals surface area contributed by atoms with Crippen LogP contribution in [0.4, 0.5) is 0 Å². The third-order valence-corrected chi connectivity index (χ3v) is 3.81. The van der Waals surface area contributed by atoms with E-state index < -0.39 is 0 Å². The van der Waals surface area contributed by atoms with Crippen LogP contribution in [0.15, 0.2) is 18.2 Å². The van der Waals surface area contributed by atoms with Crippen LogP contribution in [0.5, 0.6) is 0 Å². The Labute approximate surface area is 110 Å². The maximum atomic E-state index is 11.9. The maximum absolute atomic E-state index is 11.9. The lowest BCUT2D eigenvalue weighted by Crippen LogP contribution is -2.43. The van der Waals surface area contributed by atoms with Gasteiger partial charge in [0.2, 0.25) is 0 Å². The fourth-order valence-corrected chi connectivity index (χ4v) is 2.36. The molecular weight excluding hydrogens is 259 g/mol. The van der Waals surface area contributed by atoms with Gasteiger partial charge >= 0.3 is 0 Å². The molecule has 92 valence electrons. The lowest BCUT2D eigenvalue weighted by Gasteiger charge is -2.17. The first kappa shape index (κ1) is 12.7. The summed E-state index contributed by atoms with van der Waals surface area (Å²) in [4.78, 5) is 11.9. The Hall–Kier alpha value is -0.770. The Bertz CT molecular complexity index is 437. The molecule has 0 radical (unpaired) electrons. The Morgan fingerprint density at radius 2 is 2.06 bits per heavy atom. The number of nitrogens with two attached hydrogens (primary N) is 1. The van der Waals surface area contributed by atoms with Crippen molar-refractivity contribution >= 4 is 29.1 Å². The number of rotatable bonds is 2. The fraction of sp³-hybridized carbons (Fsp3) is 0.417. The SMILES string of the molecule is NC1CCCC1NC(=O)c1ccc(Cl)c(Cl)c1. The van der Waals surface area contributed by atoms with Crippen molar-refractivity contribution in [1.82, 2.24) is 5.32 Å². The number of halogens is 2. The molecule has 1 fully saturated rings. The zero-order chi connectivity index (χ0) is 12.4. The molecule has 0 bridgehead atoms. The number of carbonyl (C=O) groups excluding carboxylic acids is 1. The first-order chi connectivity index (χ1) is 8.08. The van der Waals surface area contributed by atoms with Crippen LogP contribution in [-0.4, -0.2) is 18.0 Å². The first-order valence-corrected chi connectivity index (χ1v) is 6.35.